The molecule has 0 aliphatic heterocycles. The predicted molar refractivity (Wildman–Crippen MR) is 49.8 cm³/mol. The summed E-state index contributed by atoms with van der Waals surface area (Å²) in [5, 5.41) is 3.07. The minimum absolute atomic E-state index is 0.121. The van der Waals surface area contributed by atoms with Crippen molar-refractivity contribution < 1.29 is 17.9 Å². The summed E-state index contributed by atoms with van der Waals surface area (Å²) in [5.41, 5.74) is -0.994. The molecule has 0 spiro atoms. The third-order valence-electron chi connectivity index (χ3n) is 1.78. The van der Waals surface area contributed by atoms with Gasteiger partial charge in [-0.15, -0.1) is 0 Å². The average molecular weight is 218 g/mol. The van der Waals surface area contributed by atoms with Gasteiger partial charge in [-0.2, -0.15) is 18.3 Å². The monoisotopic (exact) mass is 218 g/mol. The summed E-state index contributed by atoms with van der Waals surface area (Å²) in [5.74, 6) is 4.58. The maximum atomic E-state index is 12.6. The predicted octanol–water partition coefficient (Wildman–Crippen LogP) is 2.01. The van der Waals surface area contributed by atoms with E-state index in [1.807, 2.05) is 0 Å². The van der Waals surface area contributed by atoms with Crippen molar-refractivity contribution in [2.75, 3.05) is 7.11 Å². The van der Waals surface area contributed by atoms with E-state index in [2.05, 4.69) is 9.84 Å². The quantitative estimate of drug-likeness (QED) is 0.469. The molecule has 0 aromatic heterocycles. The second kappa shape index (κ2) is 4.20. The van der Waals surface area contributed by atoms with Crippen LogP contribution in [0.1, 0.15) is 11.1 Å². The highest BCUT2D eigenvalue weighted by molar-refractivity contribution is 5.83. The number of ether oxygens (including phenoxy) is 1. The molecule has 15 heavy (non-hydrogen) atoms. The Morgan fingerprint density at radius 2 is 2.07 bits per heavy atom. The molecule has 1 aromatic carbocycles. The van der Waals surface area contributed by atoms with Gasteiger partial charge in [0.05, 0.1) is 13.3 Å². The van der Waals surface area contributed by atoms with Gasteiger partial charge >= 0.3 is 6.18 Å². The fourth-order valence-corrected chi connectivity index (χ4v) is 1.21. The van der Waals surface area contributed by atoms with Gasteiger partial charge in [-0.05, 0) is 6.07 Å². The number of halogens is 3. The van der Waals surface area contributed by atoms with Crippen molar-refractivity contribution in [3.63, 3.8) is 0 Å². The van der Waals surface area contributed by atoms with Crippen molar-refractivity contribution in [2.45, 2.75) is 6.18 Å². The molecule has 1 rings (SSSR count). The molecule has 0 aliphatic rings. The van der Waals surface area contributed by atoms with Gasteiger partial charge in [0.2, 0.25) is 0 Å². The summed E-state index contributed by atoms with van der Waals surface area (Å²) >= 11 is 0. The molecule has 2 N–H and O–H groups in total. The topological polar surface area (TPSA) is 47.6 Å². The first kappa shape index (κ1) is 11.4. The smallest absolute Gasteiger partial charge is 0.420 e. The van der Waals surface area contributed by atoms with Crippen LogP contribution >= 0.6 is 0 Å². The Bertz CT molecular complexity index is 374. The fraction of sp³-hybridized carbons (Fsp3) is 0.222. The number of hydrogen-bond donors (Lipinski definition) is 1. The van der Waals surface area contributed by atoms with E-state index in [9.17, 15) is 13.2 Å². The van der Waals surface area contributed by atoms with Gasteiger partial charge < -0.3 is 10.6 Å². The van der Waals surface area contributed by atoms with Crippen molar-refractivity contribution in [2.24, 2.45) is 10.9 Å². The van der Waals surface area contributed by atoms with Crippen LogP contribution in [0.2, 0.25) is 0 Å². The van der Waals surface area contributed by atoms with E-state index in [-0.39, 0.29) is 11.3 Å². The second-order valence-electron chi connectivity index (χ2n) is 2.70. The van der Waals surface area contributed by atoms with E-state index in [1.165, 1.54) is 25.3 Å². The molecule has 0 heterocycles. The van der Waals surface area contributed by atoms with Gasteiger partial charge in [-0.1, -0.05) is 12.1 Å². The second-order valence-corrected chi connectivity index (χ2v) is 2.70. The molecule has 0 radical (unpaired) electrons. The van der Waals surface area contributed by atoms with Crippen molar-refractivity contribution in [3.8, 4) is 5.75 Å². The van der Waals surface area contributed by atoms with Crippen molar-refractivity contribution in [3.05, 3.63) is 29.3 Å². The highest BCUT2D eigenvalue weighted by Gasteiger charge is 2.36. The van der Waals surface area contributed by atoms with Gasteiger partial charge in [0.25, 0.3) is 0 Å². The van der Waals surface area contributed by atoms with E-state index in [1.54, 1.807) is 0 Å². The van der Waals surface area contributed by atoms with Crippen LogP contribution in [-0.2, 0) is 6.18 Å². The maximum Gasteiger partial charge on any atom is 0.420 e. The molecule has 0 saturated heterocycles. The number of rotatable bonds is 2. The van der Waals surface area contributed by atoms with Crippen LogP contribution in [0.3, 0.4) is 0 Å². The Morgan fingerprint density at radius 3 is 2.53 bits per heavy atom. The lowest BCUT2D eigenvalue weighted by molar-refractivity contribution is -0.138. The minimum atomic E-state index is -4.50. The van der Waals surface area contributed by atoms with E-state index in [0.29, 0.717) is 0 Å². The first-order chi connectivity index (χ1) is 7.00. The summed E-state index contributed by atoms with van der Waals surface area (Å²) in [6.45, 7) is 0. The average Bonchev–Trinajstić information content (AvgIpc) is 2.16. The third-order valence-corrected chi connectivity index (χ3v) is 1.78. The van der Waals surface area contributed by atoms with Gasteiger partial charge in [0.15, 0.2) is 0 Å². The number of hydrogen-bond acceptors (Lipinski definition) is 3. The van der Waals surface area contributed by atoms with E-state index < -0.39 is 11.7 Å². The lowest BCUT2D eigenvalue weighted by Gasteiger charge is -2.13. The standard InChI is InChI=1S/C9H9F3N2O/c1-15-7-4-2-3-6(5-14-13)8(7)9(10,11)12/h2-5H,13H2,1H3. The summed E-state index contributed by atoms with van der Waals surface area (Å²) in [6.07, 6.45) is -3.56. The van der Waals surface area contributed by atoms with Crippen LogP contribution in [0.4, 0.5) is 13.2 Å². The number of benzene rings is 1. The minimum Gasteiger partial charge on any atom is -0.496 e. The fourth-order valence-electron chi connectivity index (χ4n) is 1.21. The van der Waals surface area contributed by atoms with Gasteiger partial charge in [-0.25, -0.2) is 0 Å². The highest BCUT2D eigenvalue weighted by Crippen LogP contribution is 2.37. The molecule has 82 valence electrons. The van der Waals surface area contributed by atoms with Crippen LogP contribution in [-0.4, -0.2) is 13.3 Å². The number of methoxy groups -OCH3 is 1. The highest BCUT2D eigenvalue weighted by atomic mass is 19.4. The zero-order valence-electron chi connectivity index (χ0n) is 7.88. The molecule has 3 nitrogen and oxygen atoms in total. The molecule has 0 aliphatic carbocycles. The molecular weight excluding hydrogens is 209 g/mol. The number of nitrogens with two attached hydrogens (primary N) is 1. The number of hydrazone groups is 1. The van der Waals surface area contributed by atoms with Gasteiger partial charge in [0, 0.05) is 5.56 Å². The zero-order chi connectivity index (χ0) is 11.5. The summed E-state index contributed by atoms with van der Waals surface area (Å²) in [6, 6.07) is 3.93. The Morgan fingerprint density at radius 1 is 1.40 bits per heavy atom. The molecule has 0 fully saturated rings. The molecule has 1 aromatic rings. The largest absolute Gasteiger partial charge is 0.496 e. The lowest BCUT2D eigenvalue weighted by Crippen LogP contribution is -2.11. The summed E-state index contributed by atoms with van der Waals surface area (Å²) in [4.78, 5) is 0. The van der Waals surface area contributed by atoms with Crippen LogP contribution in [0, 0.1) is 0 Å². The molecular formula is C9H9F3N2O. The van der Waals surface area contributed by atoms with Gasteiger partial charge in [0.1, 0.15) is 11.3 Å². The molecule has 0 atom stereocenters. The van der Waals surface area contributed by atoms with E-state index in [0.717, 1.165) is 6.21 Å². The van der Waals surface area contributed by atoms with Crippen molar-refractivity contribution >= 4 is 6.21 Å². The molecule has 0 unspecified atom stereocenters. The first-order valence-electron chi connectivity index (χ1n) is 3.98. The SMILES string of the molecule is COc1cccc(C=NN)c1C(F)(F)F. The molecule has 0 saturated carbocycles. The van der Waals surface area contributed by atoms with Crippen LogP contribution in [0.5, 0.6) is 5.75 Å². The molecule has 6 heteroatoms. The Balaban J connectivity index is 3.40. The number of nitrogens with zero attached hydrogens (tertiary/aromatic N) is 1. The first-order valence-corrected chi connectivity index (χ1v) is 3.98. The normalized spacial score (nSPS) is 12.0. The lowest BCUT2D eigenvalue weighted by atomic mass is 10.1. The Hall–Kier alpha value is -1.72. The third kappa shape index (κ3) is 2.39. The summed E-state index contributed by atoms with van der Waals surface area (Å²) < 4.78 is 42.5. The Kier molecular flexibility index (Phi) is 3.18. The van der Waals surface area contributed by atoms with Crippen molar-refractivity contribution in [1.82, 2.24) is 0 Å². The van der Waals surface area contributed by atoms with Crippen molar-refractivity contribution in [1.29, 1.82) is 0 Å². The Labute approximate surface area is 84.3 Å². The van der Waals surface area contributed by atoms with Gasteiger partial charge in [-0.3, -0.25) is 0 Å². The van der Waals surface area contributed by atoms with E-state index >= 15 is 0 Å². The molecule has 0 amide bonds. The van der Waals surface area contributed by atoms with Crippen LogP contribution in [0.25, 0.3) is 0 Å². The molecule has 0 bridgehead atoms. The zero-order valence-corrected chi connectivity index (χ0v) is 7.88. The van der Waals surface area contributed by atoms with Crippen LogP contribution < -0.4 is 10.6 Å². The number of alkyl halides is 3. The van der Waals surface area contributed by atoms with E-state index in [4.69, 9.17) is 5.84 Å². The summed E-state index contributed by atoms with van der Waals surface area (Å²) in [7, 11) is 1.17. The maximum absolute atomic E-state index is 12.6. The van der Waals surface area contributed by atoms with Crippen LogP contribution in [0.15, 0.2) is 23.3 Å².